The molecule has 0 atom stereocenters. The molecule has 2 N–H and O–H groups in total. The van der Waals surface area contributed by atoms with Gasteiger partial charge in [0.2, 0.25) is 0 Å². The fourth-order valence-corrected chi connectivity index (χ4v) is 1.29. The van der Waals surface area contributed by atoms with E-state index in [1.54, 1.807) is 0 Å². The van der Waals surface area contributed by atoms with Crippen molar-refractivity contribution in [2.75, 3.05) is 13.2 Å². The average Bonchev–Trinajstić information content (AvgIpc) is 2.00. The Morgan fingerprint density at radius 2 is 2.25 bits per heavy atom. The lowest BCUT2D eigenvalue weighted by Gasteiger charge is -2.36. The summed E-state index contributed by atoms with van der Waals surface area (Å²) in [6, 6.07) is 0. The molecular formula is C9H17NO2. The van der Waals surface area contributed by atoms with E-state index in [9.17, 15) is 4.79 Å². The topological polar surface area (TPSA) is 52.3 Å². The molecule has 1 rings (SSSR count). The summed E-state index contributed by atoms with van der Waals surface area (Å²) in [7, 11) is 0. The van der Waals surface area contributed by atoms with Gasteiger partial charge in [-0.25, -0.2) is 0 Å². The van der Waals surface area contributed by atoms with Gasteiger partial charge in [-0.15, -0.1) is 0 Å². The monoisotopic (exact) mass is 171 g/mol. The van der Waals surface area contributed by atoms with Gasteiger partial charge >= 0.3 is 0 Å². The molecule has 1 aliphatic carbocycles. The molecule has 0 aromatic heterocycles. The minimum Gasteiger partial charge on any atom is -0.374 e. The number of rotatable bonds is 5. The van der Waals surface area contributed by atoms with Crippen molar-refractivity contribution in [3.05, 3.63) is 0 Å². The third-order valence-corrected chi connectivity index (χ3v) is 2.38. The number of hydrogen-bond donors (Lipinski definition) is 1. The Labute approximate surface area is 73.3 Å². The van der Waals surface area contributed by atoms with E-state index in [4.69, 9.17) is 10.5 Å². The van der Waals surface area contributed by atoms with Gasteiger partial charge in [0.15, 0.2) is 5.78 Å². The number of carbonyl (C=O) groups is 1. The summed E-state index contributed by atoms with van der Waals surface area (Å²) in [6.07, 6.45) is 3.70. The van der Waals surface area contributed by atoms with Crippen LogP contribution in [0.1, 0.15) is 32.6 Å². The van der Waals surface area contributed by atoms with Crippen LogP contribution in [-0.2, 0) is 9.53 Å². The summed E-state index contributed by atoms with van der Waals surface area (Å²) in [5.74, 6) is 0.0715. The lowest BCUT2D eigenvalue weighted by Crippen LogP contribution is -2.55. The van der Waals surface area contributed by atoms with Crippen LogP contribution in [0.25, 0.3) is 0 Å². The van der Waals surface area contributed by atoms with Crippen molar-refractivity contribution in [2.45, 2.75) is 38.1 Å². The summed E-state index contributed by atoms with van der Waals surface area (Å²) < 4.78 is 5.14. The van der Waals surface area contributed by atoms with Crippen molar-refractivity contribution in [1.82, 2.24) is 0 Å². The molecule has 1 saturated carbocycles. The van der Waals surface area contributed by atoms with Crippen LogP contribution in [0.4, 0.5) is 0 Å². The van der Waals surface area contributed by atoms with Crippen LogP contribution < -0.4 is 5.73 Å². The summed E-state index contributed by atoms with van der Waals surface area (Å²) in [5.41, 5.74) is 5.27. The predicted octanol–water partition coefficient (Wildman–Crippen LogP) is 0.864. The second-order valence-corrected chi connectivity index (χ2v) is 3.49. The molecule has 0 heterocycles. The molecule has 0 radical (unpaired) electrons. The Morgan fingerprint density at radius 1 is 1.58 bits per heavy atom. The van der Waals surface area contributed by atoms with Crippen molar-refractivity contribution in [3.63, 3.8) is 0 Å². The van der Waals surface area contributed by atoms with Gasteiger partial charge in [-0.1, -0.05) is 6.92 Å². The third-order valence-electron chi connectivity index (χ3n) is 2.38. The van der Waals surface area contributed by atoms with Gasteiger partial charge < -0.3 is 10.5 Å². The molecule has 3 heteroatoms. The van der Waals surface area contributed by atoms with Crippen LogP contribution in [-0.4, -0.2) is 24.5 Å². The lowest BCUT2D eigenvalue weighted by molar-refractivity contribution is -0.131. The third kappa shape index (κ3) is 2.05. The van der Waals surface area contributed by atoms with Crippen molar-refractivity contribution in [1.29, 1.82) is 0 Å². The highest BCUT2D eigenvalue weighted by molar-refractivity contribution is 5.90. The summed E-state index contributed by atoms with van der Waals surface area (Å²) >= 11 is 0. The largest absolute Gasteiger partial charge is 0.374 e. The maximum absolute atomic E-state index is 11.4. The second kappa shape index (κ2) is 4.01. The zero-order valence-corrected chi connectivity index (χ0v) is 7.64. The first-order valence-electron chi connectivity index (χ1n) is 4.59. The molecule has 0 unspecified atom stereocenters. The molecular weight excluding hydrogens is 154 g/mol. The van der Waals surface area contributed by atoms with E-state index in [2.05, 4.69) is 0 Å². The van der Waals surface area contributed by atoms with Crippen LogP contribution in [0.2, 0.25) is 0 Å². The van der Waals surface area contributed by atoms with E-state index in [1.165, 1.54) is 0 Å². The number of Topliss-reactive ketones (excluding diaryl/α,β-unsaturated/α-hetero) is 1. The van der Waals surface area contributed by atoms with E-state index in [1.807, 2.05) is 6.92 Å². The molecule has 1 fully saturated rings. The maximum Gasteiger partial charge on any atom is 0.178 e. The Kier molecular flexibility index (Phi) is 3.23. The molecule has 3 nitrogen and oxygen atoms in total. The molecule has 0 bridgehead atoms. The van der Waals surface area contributed by atoms with E-state index in [0.29, 0.717) is 6.61 Å². The predicted molar refractivity (Wildman–Crippen MR) is 46.9 cm³/mol. The highest BCUT2D eigenvalue weighted by Gasteiger charge is 2.39. The lowest BCUT2D eigenvalue weighted by atomic mass is 9.75. The smallest absolute Gasteiger partial charge is 0.178 e. The van der Waals surface area contributed by atoms with E-state index < -0.39 is 5.54 Å². The molecule has 12 heavy (non-hydrogen) atoms. The van der Waals surface area contributed by atoms with E-state index in [-0.39, 0.29) is 12.4 Å². The van der Waals surface area contributed by atoms with Crippen LogP contribution in [0.5, 0.6) is 0 Å². The van der Waals surface area contributed by atoms with Crippen LogP contribution in [0.15, 0.2) is 0 Å². The molecule has 0 saturated heterocycles. The summed E-state index contributed by atoms with van der Waals surface area (Å²) in [5, 5.41) is 0. The van der Waals surface area contributed by atoms with E-state index in [0.717, 1.165) is 25.7 Å². The SMILES string of the molecule is CCCOCC(=O)C1(N)CCC1. The minimum absolute atomic E-state index is 0.0715. The van der Waals surface area contributed by atoms with Crippen LogP contribution >= 0.6 is 0 Å². The van der Waals surface area contributed by atoms with Gasteiger partial charge in [0.1, 0.15) is 6.61 Å². The fourth-order valence-electron chi connectivity index (χ4n) is 1.29. The Morgan fingerprint density at radius 3 is 2.67 bits per heavy atom. The molecule has 70 valence electrons. The van der Waals surface area contributed by atoms with Crippen molar-refractivity contribution >= 4 is 5.78 Å². The summed E-state index contributed by atoms with van der Waals surface area (Å²) in [6.45, 7) is 2.87. The highest BCUT2D eigenvalue weighted by Crippen LogP contribution is 2.29. The first-order chi connectivity index (χ1) is 5.69. The standard InChI is InChI=1S/C9H17NO2/c1-2-6-12-7-8(11)9(10)4-3-5-9/h2-7,10H2,1H3. The molecule has 0 aliphatic heterocycles. The van der Waals surface area contributed by atoms with Gasteiger partial charge in [0, 0.05) is 6.61 Å². The van der Waals surface area contributed by atoms with E-state index >= 15 is 0 Å². The highest BCUT2D eigenvalue weighted by atomic mass is 16.5. The fraction of sp³-hybridized carbons (Fsp3) is 0.889. The molecule has 0 amide bonds. The normalized spacial score (nSPS) is 20.2. The maximum atomic E-state index is 11.4. The Hall–Kier alpha value is -0.410. The quantitative estimate of drug-likeness (QED) is 0.624. The molecule has 0 aromatic carbocycles. The average molecular weight is 171 g/mol. The van der Waals surface area contributed by atoms with Crippen molar-refractivity contribution in [2.24, 2.45) is 5.73 Å². The van der Waals surface area contributed by atoms with Crippen LogP contribution in [0, 0.1) is 0 Å². The number of hydrogen-bond acceptors (Lipinski definition) is 3. The molecule has 0 spiro atoms. The van der Waals surface area contributed by atoms with Crippen molar-refractivity contribution in [3.8, 4) is 0 Å². The Bertz CT molecular complexity index is 164. The van der Waals surface area contributed by atoms with Crippen LogP contribution in [0.3, 0.4) is 0 Å². The van der Waals surface area contributed by atoms with Gasteiger partial charge in [0.25, 0.3) is 0 Å². The second-order valence-electron chi connectivity index (χ2n) is 3.49. The number of ether oxygens (including phenoxy) is 1. The van der Waals surface area contributed by atoms with Gasteiger partial charge in [-0.2, -0.15) is 0 Å². The minimum atomic E-state index is -0.534. The molecule has 1 aliphatic rings. The van der Waals surface area contributed by atoms with Gasteiger partial charge in [-0.05, 0) is 25.7 Å². The van der Waals surface area contributed by atoms with Gasteiger partial charge in [-0.3, -0.25) is 4.79 Å². The molecule has 0 aromatic rings. The number of nitrogens with two attached hydrogens (primary N) is 1. The first kappa shape index (κ1) is 9.68. The van der Waals surface area contributed by atoms with Gasteiger partial charge in [0.05, 0.1) is 5.54 Å². The zero-order valence-electron chi connectivity index (χ0n) is 7.64. The Balaban J connectivity index is 2.19. The number of ketones is 1. The zero-order chi connectivity index (χ0) is 9.03. The number of carbonyl (C=O) groups excluding carboxylic acids is 1. The summed E-state index contributed by atoms with van der Waals surface area (Å²) in [4.78, 5) is 11.4. The van der Waals surface area contributed by atoms with Crippen molar-refractivity contribution < 1.29 is 9.53 Å². The first-order valence-corrected chi connectivity index (χ1v) is 4.59.